The molecule has 3 N–H and O–H groups in total. The number of nitrogens with two attached hydrogens (primary N) is 1. The summed E-state index contributed by atoms with van der Waals surface area (Å²) < 4.78 is 20.5. The first-order chi connectivity index (χ1) is 18.6. The summed E-state index contributed by atoms with van der Waals surface area (Å²) >= 11 is 0. The number of hydrogen-bond acceptors (Lipinski definition) is 6. The summed E-state index contributed by atoms with van der Waals surface area (Å²) in [6.45, 7) is 9.58. The molecule has 39 heavy (non-hydrogen) atoms. The van der Waals surface area contributed by atoms with Crippen LogP contribution in [0.15, 0.2) is 54.6 Å². The SMILES string of the molecule is C=C(c1cc2ccc(OC)cc2n1C/C(C)=C/C=N)N(C)c1cc(CCN(C)CC(N)CF)c(C=O)cc1C. The Morgan fingerprint density at radius 1 is 1.26 bits per heavy atom. The standard InChI is InChI=1S/C31H40FN5O2/c1-21(9-11-33)18-37-30(15-25-7-8-28(39-6)16-31(25)37)23(3)36(5)29-14-24(26(20-38)13-22(29)2)10-12-35(4)19-27(34)17-32/h7-9,11,13-16,20,27,33H,3,10,12,17-19,34H2,1-2,4-6H3/b21-9+,33-11?. The van der Waals surface area contributed by atoms with E-state index in [0.717, 1.165) is 56.7 Å². The fourth-order valence-electron chi connectivity index (χ4n) is 4.83. The highest BCUT2D eigenvalue weighted by atomic mass is 19.1. The minimum atomic E-state index is -0.564. The Hall–Kier alpha value is -3.75. The lowest BCUT2D eigenvalue weighted by Crippen LogP contribution is -2.37. The second-order valence-electron chi connectivity index (χ2n) is 10.1. The molecule has 0 saturated heterocycles. The Labute approximate surface area is 230 Å². The molecule has 0 aliphatic carbocycles. The number of ether oxygens (including phenoxy) is 1. The maximum absolute atomic E-state index is 12.8. The maximum atomic E-state index is 12.8. The Bertz CT molecular complexity index is 1380. The van der Waals surface area contributed by atoms with Crippen LogP contribution in [0.4, 0.5) is 10.1 Å². The molecule has 1 unspecified atom stereocenters. The summed E-state index contributed by atoms with van der Waals surface area (Å²) in [5.74, 6) is 0.767. The highest BCUT2D eigenvalue weighted by Gasteiger charge is 2.19. The molecule has 0 saturated carbocycles. The van der Waals surface area contributed by atoms with Gasteiger partial charge in [0.1, 0.15) is 18.7 Å². The van der Waals surface area contributed by atoms with Gasteiger partial charge in [0, 0.05) is 61.6 Å². The lowest BCUT2D eigenvalue weighted by atomic mass is 9.99. The predicted octanol–water partition coefficient (Wildman–Crippen LogP) is 5.24. The topological polar surface area (TPSA) is 87.6 Å². The molecule has 8 heteroatoms. The summed E-state index contributed by atoms with van der Waals surface area (Å²) in [6, 6.07) is 11.5. The van der Waals surface area contributed by atoms with Gasteiger partial charge in [-0.25, -0.2) is 4.39 Å². The van der Waals surface area contributed by atoms with Crippen LogP contribution in [0.5, 0.6) is 5.75 Å². The molecule has 0 aliphatic rings. The van der Waals surface area contributed by atoms with Crippen LogP contribution in [0.25, 0.3) is 16.6 Å². The zero-order valence-electron chi connectivity index (χ0n) is 23.6. The van der Waals surface area contributed by atoms with E-state index in [9.17, 15) is 9.18 Å². The molecule has 7 nitrogen and oxygen atoms in total. The van der Waals surface area contributed by atoms with Crippen LogP contribution in [0, 0.1) is 12.3 Å². The number of alkyl halides is 1. The summed E-state index contributed by atoms with van der Waals surface area (Å²) in [6.07, 6.45) is 4.60. The maximum Gasteiger partial charge on any atom is 0.150 e. The second kappa shape index (κ2) is 13.4. The van der Waals surface area contributed by atoms with Crippen molar-refractivity contribution < 1.29 is 13.9 Å². The summed E-state index contributed by atoms with van der Waals surface area (Å²) in [5.41, 5.74) is 13.0. The van der Waals surface area contributed by atoms with Crippen molar-refractivity contribution in [3.05, 3.63) is 77.0 Å². The number of carbonyl (C=O) groups is 1. The largest absolute Gasteiger partial charge is 0.497 e. The smallest absolute Gasteiger partial charge is 0.150 e. The molecule has 0 bridgehead atoms. The van der Waals surface area contributed by atoms with Crippen LogP contribution in [0.3, 0.4) is 0 Å². The third-order valence-corrected chi connectivity index (χ3v) is 7.04. The minimum absolute atomic E-state index is 0.448. The number of hydrogen-bond donors (Lipinski definition) is 2. The van der Waals surface area contributed by atoms with Crippen molar-refractivity contribution >= 4 is 34.8 Å². The van der Waals surface area contributed by atoms with Crippen LogP contribution in [-0.4, -0.2) is 69.0 Å². The van der Waals surface area contributed by atoms with Gasteiger partial charge in [0.05, 0.1) is 24.0 Å². The number of aromatic nitrogens is 1. The number of fused-ring (bicyclic) bond motifs is 1. The third-order valence-electron chi connectivity index (χ3n) is 7.04. The quantitative estimate of drug-likeness (QED) is 0.218. The Kier molecular flexibility index (Phi) is 10.2. The number of rotatable bonds is 14. The van der Waals surface area contributed by atoms with Gasteiger partial charge >= 0.3 is 0 Å². The number of methoxy groups -OCH3 is 1. The molecule has 3 rings (SSSR count). The molecular formula is C31H40FN5O2. The summed E-state index contributed by atoms with van der Waals surface area (Å²) in [5, 5.41) is 8.54. The molecule has 0 spiro atoms. The lowest BCUT2D eigenvalue weighted by Gasteiger charge is -2.27. The zero-order chi connectivity index (χ0) is 28.7. The molecule has 1 heterocycles. The van der Waals surface area contributed by atoms with Crippen LogP contribution in [0.2, 0.25) is 0 Å². The van der Waals surface area contributed by atoms with Crippen molar-refractivity contribution in [3.8, 4) is 5.75 Å². The van der Waals surface area contributed by atoms with E-state index in [0.29, 0.717) is 31.6 Å². The van der Waals surface area contributed by atoms with Gasteiger partial charge in [0.2, 0.25) is 0 Å². The number of benzene rings is 2. The van der Waals surface area contributed by atoms with Gasteiger partial charge in [-0.15, -0.1) is 0 Å². The molecule has 1 aromatic heterocycles. The van der Waals surface area contributed by atoms with E-state index in [1.165, 1.54) is 6.21 Å². The molecule has 1 atom stereocenters. The van der Waals surface area contributed by atoms with Crippen molar-refractivity contribution in [2.75, 3.05) is 45.9 Å². The van der Waals surface area contributed by atoms with E-state index in [4.69, 9.17) is 15.9 Å². The predicted molar refractivity (Wildman–Crippen MR) is 160 cm³/mol. The number of aryl methyl sites for hydroxylation is 1. The number of nitrogens with one attached hydrogen (secondary N) is 1. The van der Waals surface area contributed by atoms with Crippen molar-refractivity contribution in [1.29, 1.82) is 5.41 Å². The molecule has 0 fully saturated rings. The van der Waals surface area contributed by atoms with Crippen molar-refractivity contribution in [2.45, 2.75) is 32.9 Å². The molecule has 0 radical (unpaired) electrons. The fraction of sp³-hybridized carbons (Fsp3) is 0.355. The average Bonchev–Trinajstić information content (AvgIpc) is 3.28. The first-order valence-electron chi connectivity index (χ1n) is 13.0. The normalized spacial score (nSPS) is 12.6. The Morgan fingerprint density at radius 2 is 2.00 bits per heavy atom. The van der Waals surface area contributed by atoms with Crippen LogP contribution >= 0.6 is 0 Å². The monoisotopic (exact) mass is 533 g/mol. The number of halogens is 1. The van der Waals surface area contributed by atoms with Crippen LogP contribution < -0.4 is 15.4 Å². The van der Waals surface area contributed by atoms with Crippen LogP contribution in [0.1, 0.15) is 34.1 Å². The number of carbonyl (C=O) groups excluding carboxylic acids is 1. The van der Waals surface area contributed by atoms with Gasteiger partial charge in [0.25, 0.3) is 0 Å². The fourth-order valence-corrected chi connectivity index (χ4v) is 4.83. The van der Waals surface area contributed by atoms with Gasteiger partial charge < -0.3 is 30.2 Å². The average molecular weight is 534 g/mol. The minimum Gasteiger partial charge on any atom is -0.497 e. The highest BCUT2D eigenvalue weighted by Crippen LogP contribution is 2.33. The molecular weight excluding hydrogens is 493 g/mol. The van der Waals surface area contributed by atoms with E-state index >= 15 is 0 Å². The third kappa shape index (κ3) is 7.02. The summed E-state index contributed by atoms with van der Waals surface area (Å²) in [4.78, 5) is 15.9. The van der Waals surface area contributed by atoms with E-state index in [2.05, 4.69) is 17.2 Å². The van der Waals surface area contributed by atoms with Crippen LogP contribution in [-0.2, 0) is 13.0 Å². The van der Waals surface area contributed by atoms with Gasteiger partial charge in [0.15, 0.2) is 0 Å². The van der Waals surface area contributed by atoms with E-state index in [1.54, 1.807) is 13.2 Å². The first kappa shape index (κ1) is 29.8. The molecule has 3 aromatic rings. The molecule has 2 aromatic carbocycles. The number of anilines is 1. The number of aldehydes is 1. The molecule has 208 valence electrons. The Morgan fingerprint density at radius 3 is 2.64 bits per heavy atom. The van der Waals surface area contributed by atoms with E-state index in [1.807, 2.05) is 68.1 Å². The van der Waals surface area contributed by atoms with E-state index < -0.39 is 12.7 Å². The number of nitrogens with zero attached hydrogens (tertiary/aromatic N) is 3. The molecule has 0 aliphatic heterocycles. The van der Waals surface area contributed by atoms with E-state index in [-0.39, 0.29) is 0 Å². The number of allylic oxidation sites excluding steroid dienone is 2. The van der Waals surface area contributed by atoms with Crippen molar-refractivity contribution in [3.63, 3.8) is 0 Å². The number of likely N-dealkylation sites (N-methyl/N-ethyl adjacent to an activating group) is 1. The van der Waals surface area contributed by atoms with Crippen molar-refractivity contribution in [2.24, 2.45) is 5.73 Å². The molecule has 0 amide bonds. The highest BCUT2D eigenvalue weighted by molar-refractivity contribution is 5.90. The summed E-state index contributed by atoms with van der Waals surface area (Å²) in [7, 11) is 5.53. The lowest BCUT2D eigenvalue weighted by molar-refractivity contribution is 0.112. The zero-order valence-corrected chi connectivity index (χ0v) is 23.6. The van der Waals surface area contributed by atoms with Gasteiger partial charge in [-0.3, -0.25) is 4.79 Å². The van der Waals surface area contributed by atoms with Gasteiger partial charge in [-0.1, -0.05) is 12.2 Å². The second-order valence-corrected chi connectivity index (χ2v) is 10.1. The van der Waals surface area contributed by atoms with Crippen molar-refractivity contribution in [1.82, 2.24) is 9.47 Å². The first-order valence-corrected chi connectivity index (χ1v) is 13.0. The van der Waals surface area contributed by atoms with Gasteiger partial charge in [-0.05, 0) is 74.9 Å². The Balaban J connectivity index is 2.00. The van der Waals surface area contributed by atoms with Gasteiger partial charge in [-0.2, -0.15) is 0 Å².